The molecule has 0 radical (unpaired) electrons. The van der Waals surface area contributed by atoms with Crippen LogP contribution in [0, 0.1) is 11.3 Å². The Kier molecular flexibility index (Phi) is 9.09. The van der Waals surface area contributed by atoms with E-state index in [1.165, 1.54) is 44.9 Å². The molecule has 0 amide bonds. The molecule has 1 aromatic rings. The number of rotatable bonds is 11. The van der Waals surface area contributed by atoms with Gasteiger partial charge in [-0.2, -0.15) is 0 Å². The Morgan fingerprint density at radius 3 is 1.88 bits per heavy atom. The van der Waals surface area contributed by atoms with Crippen LogP contribution in [0.1, 0.15) is 116 Å². The van der Waals surface area contributed by atoms with E-state index >= 15 is 0 Å². The largest absolute Gasteiger partial charge is 0.0654 e. The monoisotopic (exact) mass is 330 g/mol. The molecular formula is C24H42. The first kappa shape index (κ1) is 21.3. The number of benzene rings is 1. The first-order valence-corrected chi connectivity index (χ1v) is 10.4. The van der Waals surface area contributed by atoms with Gasteiger partial charge in [-0.25, -0.2) is 0 Å². The molecule has 0 N–H and O–H groups in total. The quantitative estimate of drug-likeness (QED) is 0.382. The van der Waals surface area contributed by atoms with E-state index in [2.05, 4.69) is 72.7 Å². The Balaban J connectivity index is 2.99. The minimum absolute atomic E-state index is 0.372. The van der Waals surface area contributed by atoms with Crippen molar-refractivity contribution in [2.45, 2.75) is 105 Å². The van der Waals surface area contributed by atoms with Crippen molar-refractivity contribution in [3.05, 3.63) is 35.4 Å². The maximum absolute atomic E-state index is 2.44. The van der Waals surface area contributed by atoms with Crippen LogP contribution in [-0.4, -0.2) is 0 Å². The zero-order valence-corrected chi connectivity index (χ0v) is 17.5. The maximum Gasteiger partial charge on any atom is -0.0108 e. The fourth-order valence-corrected chi connectivity index (χ4v) is 3.90. The predicted octanol–water partition coefficient (Wildman–Crippen LogP) is 8.33. The highest BCUT2D eigenvalue weighted by molar-refractivity contribution is 5.29. The van der Waals surface area contributed by atoms with Gasteiger partial charge in [-0.3, -0.25) is 0 Å². The molecular weight excluding hydrogens is 288 g/mol. The number of hydrogen-bond donors (Lipinski definition) is 0. The van der Waals surface area contributed by atoms with Crippen molar-refractivity contribution < 1.29 is 0 Å². The smallest absolute Gasteiger partial charge is 0.0108 e. The van der Waals surface area contributed by atoms with Crippen molar-refractivity contribution in [1.82, 2.24) is 0 Å². The van der Waals surface area contributed by atoms with E-state index in [1.807, 2.05) is 0 Å². The summed E-state index contributed by atoms with van der Waals surface area (Å²) in [5.41, 5.74) is 3.48. The molecule has 0 bridgehead atoms. The lowest BCUT2D eigenvalue weighted by atomic mass is 9.69. The molecule has 0 nitrogen and oxygen atoms in total. The van der Waals surface area contributed by atoms with Crippen LogP contribution in [0.4, 0.5) is 0 Å². The van der Waals surface area contributed by atoms with Gasteiger partial charge in [0.1, 0.15) is 0 Å². The van der Waals surface area contributed by atoms with Crippen LogP contribution in [0.3, 0.4) is 0 Å². The van der Waals surface area contributed by atoms with Crippen molar-refractivity contribution in [3.8, 4) is 0 Å². The first-order valence-electron chi connectivity index (χ1n) is 10.4. The zero-order valence-electron chi connectivity index (χ0n) is 17.5. The SMILES string of the molecule is CCCCC(CCC)c1ccc(C(CC(C)C)C(C)(C)CC)cc1. The van der Waals surface area contributed by atoms with Crippen molar-refractivity contribution in [1.29, 1.82) is 0 Å². The summed E-state index contributed by atoms with van der Waals surface area (Å²) in [5.74, 6) is 2.17. The van der Waals surface area contributed by atoms with E-state index in [4.69, 9.17) is 0 Å². The van der Waals surface area contributed by atoms with Gasteiger partial charge in [0, 0.05) is 0 Å². The average molecular weight is 331 g/mol. The van der Waals surface area contributed by atoms with Gasteiger partial charge in [0.15, 0.2) is 0 Å². The minimum atomic E-state index is 0.372. The van der Waals surface area contributed by atoms with Crippen LogP contribution in [0.5, 0.6) is 0 Å². The summed E-state index contributed by atoms with van der Waals surface area (Å²) in [6, 6.07) is 9.75. The molecule has 2 atom stereocenters. The van der Waals surface area contributed by atoms with Gasteiger partial charge >= 0.3 is 0 Å². The molecule has 0 aliphatic rings. The van der Waals surface area contributed by atoms with Crippen LogP contribution < -0.4 is 0 Å². The van der Waals surface area contributed by atoms with Crippen LogP contribution in [0.2, 0.25) is 0 Å². The second kappa shape index (κ2) is 10.3. The van der Waals surface area contributed by atoms with E-state index < -0.39 is 0 Å². The summed E-state index contributed by atoms with van der Waals surface area (Å²) in [7, 11) is 0. The maximum atomic E-state index is 2.44. The molecule has 0 heteroatoms. The fraction of sp³-hybridized carbons (Fsp3) is 0.750. The zero-order chi connectivity index (χ0) is 18.2. The third-order valence-electron chi connectivity index (χ3n) is 5.92. The minimum Gasteiger partial charge on any atom is -0.0654 e. The predicted molar refractivity (Wildman–Crippen MR) is 110 cm³/mol. The summed E-state index contributed by atoms with van der Waals surface area (Å²) in [6.45, 7) is 16.5. The van der Waals surface area contributed by atoms with Gasteiger partial charge in [-0.15, -0.1) is 0 Å². The van der Waals surface area contributed by atoms with Crippen molar-refractivity contribution in [3.63, 3.8) is 0 Å². The molecule has 0 heterocycles. The number of unbranched alkanes of at least 4 members (excludes halogenated alkanes) is 1. The van der Waals surface area contributed by atoms with Crippen molar-refractivity contribution in [2.75, 3.05) is 0 Å². The van der Waals surface area contributed by atoms with Crippen LogP contribution >= 0.6 is 0 Å². The van der Waals surface area contributed by atoms with Crippen LogP contribution in [0.15, 0.2) is 24.3 Å². The van der Waals surface area contributed by atoms with E-state index in [9.17, 15) is 0 Å². The lowest BCUT2D eigenvalue weighted by Crippen LogP contribution is -2.23. The van der Waals surface area contributed by atoms with Gasteiger partial charge < -0.3 is 0 Å². The third kappa shape index (κ3) is 6.26. The Morgan fingerprint density at radius 1 is 0.833 bits per heavy atom. The summed E-state index contributed by atoms with van der Waals surface area (Å²) >= 11 is 0. The Hall–Kier alpha value is -0.780. The molecule has 1 aromatic carbocycles. The fourth-order valence-electron chi connectivity index (χ4n) is 3.90. The summed E-state index contributed by atoms with van der Waals surface area (Å²) in [6.07, 6.45) is 9.14. The Labute approximate surface area is 152 Å². The second-order valence-electron chi connectivity index (χ2n) is 8.82. The summed E-state index contributed by atoms with van der Waals surface area (Å²) in [4.78, 5) is 0. The standard InChI is InChI=1S/C24H42/c1-8-11-13-20(12-9-2)21-14-16-22(17-15-21)23(18-19(4)5)24(6,7)10-3/h14-17,19-20,23H,8-13,18H2,1-7H3. The average Bonchev–Trinajstić information content (AvgIpc) is 2.56. The van der Waals surface area contributed by atoms with E-state index in [0.717, 1.165) is 11.8 Å². The van der Waals surface area contributed by atoms with Crippen molar-refractivity contribution >= 4 is 0 Å². The Morgan fingerprint density at radius 2 is 1.42 bits per heavy atom. The van der Waals surface area contributed by atoms with Gasteiger partial charge in [-0.05, 0) is 53.6 Å². The molecule has 24 heavy (non-hydrogen) atoms. The Bertz CT molecular complexity index is 438. The third-order valence-corrected chi connectivity index (χ3v) is 5.92. The number of hydrogen-bond acceptors (Lipinski definition) is 0. The molecule has 1 rings (SSSR count). The molecule has 0 fully saturated rings. The van der Waals surface area contributed by atoms with E-state index in [-0.39, 0.29) is 0 Å². The lowest BCUT2D eigenvalue weighted by molar-refractivity contribution is 0.242. The normalized spacial score (nSPS) is 14.8. The van der Waals surface area contributed by atoms with Gasteiger partial charge in [-0.1, -0.05) is 98.4 Å². The molecule has 0 aliphatic carbocycles. The molecule has 2 unspecified atom stereocenters. The second-order valence-corrected chi connectivity index (χ2v) is 8.82. The molecule has 0 spiro atoms. The van der Waals surface area contributed by atoms with Gasteiger partial charge in [0.25, 0.3) is 0 Å². The van der Waals surface area contributed by atoms with Crippen LogP contribution in [0.25, 0.3) is 0 Å². The highest BCUT2D eigenvalue weighted by Crippen LogP contribution is 2.42. The molecule has 0 aromatic heterocycles. The molecule has 0 saturated carbocycles. The van der Waals surface area contributed by atoms with Gasteiger partial charge in [0.2, 0.25) is 0 Å². The highest BCUT2D eigenvalue weighted by atomic mass is 14.3. The topological polar surface area (TPSA) is 0 Å². The molecule has 138 valence electrons. The van der Waals surface area contributed by atoms with E-state index in [0.29, 0.717) is 11.3 Å². The van der Waals surface area contributed by atoms with E-state index in [1.54, 1.807) is 11.1 Å². The van der Waals surface area contributed by atoms with Crippen molar-refractivity contribution in [2.24, 2.45) is 11.3 Å². The summed E-state index contributed by atoms with van der Waals surface area (Å²) in [5, 5.41) is 0. The lowest BCUT2D eigenvalue weighted by Gasteiger charge is -2.35. The molecule has 0 saturated heterocycles. The highest BCUT2D eigenvalue weighted by Gasteiger charge is 2.29. The van der Waals surface area contributed by atoms with Gasteiger partial charge in [0.05, 0.1) is 0 Å². The first-order chi connectivity index (χ1) is 11.4. The summed E-state index contributed by atoms with van der Waals surface area (Å²) < 4.78 is 0. The molecule has 0 aliphatic heterocycles. The van der Waals surface area contributed by atoms with Crippen LogP contribution in [-0.2, 0) is 0 Å².